The molecule has 0 saturated carbocycles. The first kappa shape index (κ1) is 17.5. The van der Waals surface area contributed by atoms with Gasteiger partial charge in [-0.1, -0.05) is 0 Å². The molecule has 0 aromatic carbocycles. The van der Waals surface area contributed by atoms with Gasteiger partial charge in [-0.05, 0) is 36.8 Å². The quantitative estimate of drug-likeness (QED) is 0.598. The number of rotatable bonds is 6. The Morgan fingerprint density at radius 2 is 2.24 bits per heavy atom. The molecule has 7 nitrogen and oxygen atoms in total. The van der Waals surface area contributed by atoms with Crippen molar-refractivity contribution in [2.75, 3.05) is 30.7 Å². The fraction of sp³-hybridized carbons (Fsp3) is 0.412. The smallest absolute Gasteiger partial charge is 0.224 e. The van der Waals surface area contributed by atoms with E-state index in [0.29, 0.717) is 22.9 Å². The Balaban J connectivity index is 1.65. The SMILES string of the molecule is Cc1ccsc1C(=O)c1cnc(NC2CCN(CC=O)CC2)nc1N. The summed E-state index contributed by atoms with van der Waals surface area (Å²) in [5.74, 6) is 0.484. The number of nitrogen functional groups attached to an aromatic ring is 1. The van der Waals surface area contributed by atoms with Crippen molar-refractivity contribution >= 4 is 35.2 Å². The molecular formula is C17H21N5O2S. The zero-order chi connectivity index (χ0) is 17.8. The van der Waals surface area contributed by atoms with E-state index in [4.69, 9.17) is 5.73 Å². The van der Waals surface area contributed by atoms with E-state index in [-0.39, 0.29) is 17.6 Å². The van der Waals surface area contributed by atoms with Gasteiger partial charge in [0.25, 0.3) is 0 Å². The molecule has 1 fully saturated rings. The Morgan fingerprint density at radius 3 is 2.84 bits per heavy atom. The summed E-state index contributed by atoms with van der Waals surface area (Å²) >= 11 is 1.39. The van der Waals surface area contributed by atoms with Crippen LogP contribution in [0.1, 0.15) is 33.6 Å². The number of aryl methyl sites for hydroxylation is 1. The first-order chi connectivity index (χ1) is 12.1. The fourth-order valence-corrected chi connectivity index (χ4v) is 3.79. The van der Waals surface area contributed by atoms with Crippen LogP contribution in [0.15, 0.2) is 17.6 Å². The molecule has 1 aliphatic rings. The minimum Gasteiger partial charge on any atom is -0.383 e. The number of hydrogen-bond acceptors (Lipinski definition) is 8. The lowest BCUT2D eigenvalue weighted by atomic mass is 10.1. The van der Waals surface area contributed by atoms with Crippen molar-refractivity contribution in [3.63, 3.8) is 0 Å². The first-order valence-corrected chi connectivity index (χ1v) is 9.10. The number of carbonyl (C=O) groups excluding carboxylic acids is 2. The highest BCUT2D eigenvalue weighted by Crippen LogP contribution is 2.23. The minimum absolute atomic E-state index is 0.140. The maximum atomic E-state index is 12.5. The van der Waals surface area contributed by atoms with Crippen LogP contribution in [0.5, 0.6) is 0 Å². The number of piperidine rings is 1. The van der Waals surface area contributed by atoms with Gasteiger partial charge in [-0.3, -0.25) is 9.69 Å². The summed E-state index contributed by atoms with van der Waals surface area (Å²) in [6.45, 7) is 4.10. The highest BCUT2D eigenvalue weighted by molar-refractivity contribution is 7.12. The number of nitrogens with one attached hydrogen (secondary N) is 1. The summed E-state index contributed by atoms with van der Waals surface area (Å²) in [6.07, 6.45) is 4.24. The summed E-state index contributed by atoms with van der Waals surface area (Å²) in [6, 6.07) is 2.14. The molecule has 0 aliphatic carbocycles. The van der Waals surface area contributed by atoms with Crippen molar-refractivity contribution in [2.45, 2.75) is 25.8 Å². The summed E-state index contributed by atoms with van der Waals surface area (Å²) in [4.78, 5) is 34.4. The van der Waals surface area contributed by atoms with Crippen LogP contribution >= 0.6 is 11.3 Å². The second-order valence-electron chi connectivity index (χ2n) is 6.14. The van der Waals surface area contributed by atoms with E-state index in [0.717, 1.165) is 37.8 Å². The average molecular weight is 359 g/mol. The number of aromatic nitrogens is 2. The second-order valence-corrected chi connectivity index (χ2v) is 7.06. The van der Waals surface area contributed by atoms with Gasteiger partial charge in [-0.2, -0.15) is 4.98 Å². The number of nitrogens with zero attached hydrogens (tertiary/aromatic N) is 3. The maximum absolute atomic E-state index is 12.5. The number of aldehydes is 1. The molecule has 3 heterocycles. The molecule has 1 saturated heterocycles. The maximum Gasteiger partial charge on any atom is 0.224 e. The molecule has 0 spiro atoms. The van der Waals surface area contributed by atoms with E-state index in [2.05, 4.69) is 20.2 Å². The molecule has 0 atom stereocenters. The molecule has 0 bridgehead atoms. The number of anilines is 2. The Bertz CT molecular complexity index is 768. The molecule has 0 amide bonds. The van der Waals surface area contributed by atoms with E-state index < -0.39 is 0 Å². The molecule has 3 rings (SSSR count). The van der Waals surface area contributed by atoms with Gasteiger partial charge >= 0.3 is 0 Å². The average Bonchev–Trinajstić information content (AvgIpc) is 3.02. The summed E-state index contributed by atoms with van der Waals surface area (Å²) < 4.78 is 0. The van der Waals surface area contributed by atoms with Crippen molar-refractivity contribution in [3.05, 3.63) is 33.6 Å². The van der Waals surface area contributed by atoms with Gasteiger partial charge in [0.1, 0.15) is 12.1 Å². The fourth-order valence-electron chi connectivity index (χ4n) is 2.92. The van der Waals surface area contributed by atoms with Crippen LogP contribution in [0.3, 0.4) is 0 Å². The van der Waals surface area contributed by atoms with E-state index >= 15 is 0 Å². The van der Waals surface area contributed by atoms with E-state index in [1.54, 1.807) is 0 Å². The van der Waals surface area contributed by atoms with Crippen LogP contribution < -0.4 is 11.1 Å². The van der Waals surface area contributed by atoms with Gasteiger partial charge in [0, 0.05) is 25.3 Å². The number of nitrogens with two attached hydrogens (primary N) is 1. The zero-order valence-corrected chi connectivity index (χ0v) is 14.9. The molecule has 0 radical (unpaired) electrons. The Morgan fingerprint density at radius 1 is 1.48 bits per heavy atom. The van der Waals surface area contributed by atoms with E-state index in [1.165, 1.54) is 17.5 Å². The summed E-state index contributed by atoms with van der Waals surface area (Å²) in [5, 5.41) is 5.15. The first-order valence-electron chi connectivity index (χ1n) is 8.22. The largest absolute Gasteiger partial charge is 0.383 e. The van der Waals surface area contributed by atoms with Crippen LogP contribution in [-0.2, 0) is 4.79 Å². The van der Waals surface area contributed by atoms with Gasteiger partial charge in [0.2, 0.25) is 11.7 Å². The molecule has 2 aromatic heterocycles. The number of likely N-dealkylation sites (tertiary alicyclic amines) is 1. The topological polar surface area (TPSA) is 101 Å². The summed E-state index contributed by atoms with van der Waals surface area (Å²) in [5.41, 5.74) is 7.25. The second kappa shape index (κ2) is 7.71. The molecule has 8 heteroatoms. The van der Waals surface area contributed by atoms with Crippen molar-refractivity contribution in [1.82, 2.24) is 14.9 Å². The van der Waals surface area contributed by atoms with Crippen LogP contribution in [0.4, 0.5) is 11.8 Å². The molecule has 2 aromatic rings. The van der Waals surface area contributed by atoms with Crippen LogP contribution in [-0.4, -0.2) is 52.6 Å². The molecule has 3 N–H and O–H groups in total. The van der Waals surface area contributed by atoms with Gasteiger partial charge < -0.3 is 15.8 Å². The molecular weight excluding hydrogens is 338 g/mol. The third kappa shape index (κ3) is 4.02. The Labute approximate surface area is 150 Å². The monoisotopic (exact) mass is 359 g/mol. The van der Waals surface area contributed by atoms with Crippen LogP contribution in [0, 0.1) is 6.92 Å². The standard InChI is InChI=1S/C17H21N5O2S/c1-11-4-9-25-15(11)14(24)13-10-19-17(21-16(13)18)20-12-2-5-22(6-3-12)7-8-23/h4,8-10,12H,2-3,5-7H2,1H3,(H3,18,19,20,21). The number of carbonyl (C=O) groups is 2. The van der Waals surface area contributed by atoms with Gasteiger partial charge in [-0.15, -0.1) is 11.3 Å². The molecule has 0 unspecified atom stereocenters. The van der Waals surface area contributed by atoms with Gasteiger partial charge in [0.15, 0.2) is 0 Å². The summed E-state index contributed by atoms with van der Waals surface area (Å²) in [7, 11) is 0. The predicted molar refractivity (Wildman–Crippen MR) is 98.1 cm³/mol. The number of thiophene rings is 1. The van der Waals surface area contributed by atoms with Crippen LogP contribution in [0.25, 0.3) is 0 Å². The highest BCUT2D eigenvalue weighted by Gasteiger charge is 2.21. The van der Waals surface area contributed by atoms with Crippen LogP contribution in [0.2, 0.25) is 0 Å². The third-order valence-corrected chi connectivity index (χ3v) is 5.40. The molecule has 132 valence electrons. The van der Waals surface area contributed by atoms with Gasteiger partial charge in [-0.25, -0.2) is 4.98 Å². The minimum atomic E-state index is -0.140. The molecule has 25 heavy (non-hydrogen) atoms. The van der Waals surface area contributed by atoms with Crippen molar-refractivity contribution in [1.29, 1.82) is 0 Å². The van der Waals surface area contributed by atoms with Crippen molar-refractivity contribution in [3.8, 4) is 0 Å². The normalized spacial score (nSPS) is 15.9. The lowest BCUT2D eigenvalue weighted by Gasteiger charge is -2.31. The Kier molecular flexibility index (Phi) is 5.40. The van der Waals surface area contributed by atoms with E-state index in [9.17, 15) is 9.59 Å². The molecule has 1 aliphatic heterocycles. The lowest BCUT2D eigenvalue weighted by molar-refractivity contribution is -0.109. The van der Waals surface area contributed by atoms with E-state index in [1.807, 2.05) is 18.4 Å². The third-order valence-electron chi connectivity index (χ3n) is 4.38. The van der Waals surface area contributed by atoms with Crippen molar-refractivity contribution < 1.29 is 9.59 Å². The highest BCUT2D eigenvalue weighted by atomic mass is 32.1. The zero-order valence-electron chi connectivity index (χ0n) is 14.1. The number of hydrogen-bond donors (Lipinski definition) is 2. The predicted octanol–water partition coefficient (Wildman–Crippen LogP) is 1.73. The van der Waals surface area contributed by atoms with Crippen molar-refractivity contribution in [2.24, 2.45) is 0 Å². The Hall–Kier alpha value is -2.32. The lowest BCUT2D eigenvalue weighted by Crippen LogP contribution is -2.40. The number of ketones is 1. The van der Waals surface area contributed by atoms with Gasteiger partial charge in [0.05, 0.1) is 17.0 Å².